The molecule has 6 heteroatoms. The molecule has 16 heavy (non-hydrogen) atoms. The molecule has 0 aliphatic carbocycles. The first-order chi connectivity index (χ1) is 7.75. The van der Waals surface area contributed by atoms with Gasteiger partial charge in [-0.3, -0.25) is 4.79 Å². The maximum atomic E-state index is 11.8. The molecule has 0 radical (unpaired) electrons. The van der Waals surface area contributed by atoms with Crippen LogP contribution in [0.25, 0.3) is 0 Å². The fourth-order valence-corrected chi connectivity index (χ4v) is 1.83. The highest BCUT2D eigenvalue weighted by Crippen LogP contribution is 2.05. The summed E-state index contributed by atoms with van der Waals surface area (Å²) in [5.74, 6) is -0.184. The predicted molar refractivity (Wildman–Crippen MR) is 60.4 cm³/mol. The Hall–Kier alpha value is -1.20. The van der Waals surface area contributed by atoms with Crippen molar-refractivity contribution in [2.45, 2.75) is 18.9 Å². The summed E-state index contributed by atoms with van der Waals surface area (Å²) in [4.78, 5) is 19.4. The van der Waals surface area contributed by atoms with Gasteiger partial charge in [-0.15, -0.1) is 0 Å². The van der Waals surface area contributed by atoms with E-state index in [0.29, 0.717) is 5.69 Å². The Morgan fingerprint density at radius 2 is 2.25 bits per heavy atom. The summed E-state index contributed by atoms with van der Waals surface area (Å²) in [6.45, 7) is 1.88. The van der Waals surface area contributed by atoms with Gasteiger partial charge in [0.25, 0.3) is 5.91 Å². The van der Waals surface area contributed by atoms with E-state index >= 15 is 0 Å². The number of carbonyl (C=O) groups is 1. The standard InChI is InChI=1S/C10H13ClN4O/c11-10-13-6-3-8(15-10)9(16)14-7-1-4-12-5-2-7/h3,6-7,12H,1-2,4-5H2,(H,14,16). The number of halogens is 1. The zero-order chi connectivity index (χ0) is 11.4. The molecule has 1 amide bonds. The van der Waals surface area contributed by atoms with Gasteiger partial charge in [0.15, 0.2) is 0 Å². The van der Waals surface area contributed by atoms with Crippen molar-refractivity contribution in [2.24, 2.45) is 0 Å². The number of hydrogen-bond donors (Lipinski definition) is 2. The lowest BCUT2D eigenvalue weighted by Gasteiger charge is -2.23. The first-order valence-electron chi connectivity index (χ1n) is 5.26. The van der Waals surface area contributed by atoms with Crippen LogP contribution in [0.5, 0.6) is 0 Å². The van der Waals surface area contributed by atoms with Crippen molar-refractivity contribution >= 4 is 17.5 Å². The lowest BCUT2D eigenvalue weighted by Crippen LogP contribution is -2.42. The van der Waals surface area contributed by atoms with E-state index in [1.165, 1.54) is 6.20 Å². The fraction of sp³-hybridized carbons (Fsp3) is 0.500. The SMILES string of the molecule is O=C(NC1CCNCC1)c1ccnc(Cl)n1. The number of rotatable bonds is 2. The van der Waals surface area contributed by atoms with E-state index < -0.39 is 0 Å². The molecule has 1 saturated heterocycles. The van der Waals surface area contributed by atoms with Crippen molar-refractivity contribution in [3.05, 3.63) is 23.2 Å². The van der Waals surface area contributed by atoms with Crippen LogP contribution in [0.15, 0.2) is 12.3 Å². The van der Waals surface area contributed by atoms with Crippen molar-refractivity contribution in [1.29, 1.82) is 0 Å². The Kier molecular flexibility index (Phi) is 3.69. The molecule has 0 saturated carbocycles. The zero-order valence-corrected chi connectivity index (χ0v) is 9.50. The third-order valence-electron chi connectivity index (χ3n) is 2.53. The van der Waals surface area contributed by atoms with Crippen molar-refractivity contribution < 1.29 is 4.79 Å². The fourth-order valence-electron chi connectivity index (χ4n) is 1.69. The van der Waals surface area contributed by atoms with Crippen LogP contribution < -0.4 is 10.6 Å². The number of aromatic nitrogens is 2. The molecule has 2 heterocycles. The summed E-state index contributed by atoms with van der Waals surface area (Å²) >= 11 is 5.62. The van der Waals surface area contributed by atoms with Crippen LogP contribution in [0.2, 0.25) is 5.28 Å². The third kappa shape index (κ3) is 2.90. The molecule has 0 bridgehead atoms. The topological polar surface area (TPSA) is 66.9 Å². The van der Waals surface area contributed by atoms with Crippen molar-refractivity contribution in [2.75, 3.05) is 13.1 Å². The first kappa shape index (κ1) is 11.3. The Labute approximate surface area is 98.6 Å². The summed E-state index contributed by atoms with van der Waals surface area (Å²) < 4.78 is 0. The van der Waals surface area contributed by atoms with Crippen LogP contribution in [-0.2, 0) is 0 Å². The normalized spacial score (nSPS) is 17.1. The Morgan fingerprint density at radius 3 is 2.94 bits per heavy atom. The van der Waals surface area contributed by atoms with E-state index in [1.807, 2.05) is 0 Å². The highest BCUT2D eigenvalue weighted by atomic mass is 35.5. The number of carbonyl (C=O) groups excluding carboxylic acids is 1. The minimum Gasteiger partial charge on any atom is -0.348 e. The van der Waals surface area contributed by atoms with Crippen LogP contribution in [0.4, 0.5) is 0 Å². The average Bonchev–Trinajstić information content (AvgIpc) is 2.30. The molecular weight excluding hydrogens is 228 g/mol. The molecule has 2 rings (SSSR count). The molecule has 1 fully saturated rings. The smallest absolute Gasteiger partial charge is 0.270 e. The monoisotopic (exact) mass is 240 g/mol. The van der Waals surface area contributed by atoms with Gasteiger partial charge in [-0.1, -0.05) is 0 Å². The Bertz CT molecular complexity index is 379. The van der Waals surface area contributed by atoms with Gasteiger partial charge in [0, 0.05) is 12.2 Å². The van der Waals surface area contributed by atoms with Crippen molar-refractivity contribution in [3.63, 3.8) is 0 Å². The second-order valence-electron chi connectivity index (χ2n) is 3.71. The van der Waals surface area contributed by atoms with Gasteiger partial charge in [-0.2, -0.15) is 0 Å². The van der Waals surface area contributed by atoms with Crippen LogP contribution in [0.3, 0.4) is 0 Å². The van der Waals surface area contributed by atoms with Crippen LogP contribution in [0, 0.1) is 0 Å². The lowest BCUT2D eigenvalue weighted by atomic mass is 10.1. The lowest BCUT2D eigenvalue weighted by molar-refractivity contribution is 0.0924. The summed E-state index contributed by atoms with van der Waals surface area (Å²) in [6, 6.07) is 1.78. The van der Waals surface area contributed by atoms with E-state index in [-0.39, 0.29) is 17.2 Å². The maximum absolute atomic E-state index is 11.8. The van der Waals surface area contributed by atoms with Gasteiger partial charge in [0.2, 0.25) is 5.28 Å². The second-order valence-corrected chi connectivity index (χ2v) is 4.05. The Morgan fingerprint density at radius 1 is 1.50 bits per heavy atom. The largest absolute Gasteiger partial charge is 0.348 e. The highest BCUT2D eigenvalue weighted by Gasteiger charge is 2.17. The predicted octanol–water partition coefficient (Wildman–Crippen LogP) is 0.612. The molecule has 0 atom stereocenters. The number of amides is 1. The molecule has 1 aromatic heterocycles. The average molecular weight is 241 g/mol. The van der Waals surface area contributed by atoms with Gasteiger partial charge in [0.1, 0.15) is 5.69 Å². The minimum absolute atomic E-state index is 0.0953. The van der Waals surface area contributed by atoms with Gasteiger partial charge < -0.3 is 10.6 Å². The number of nitrogens with zero attached hydrogens (tertiary/aromatic N) is 2. The molecular formula is C10H13ClN4O. The molecule has 1 aliphatic rings. The van der Waals surface area contributed by atoms with Crippen LogP contribution >= 0.6 is 11.6 Å². The highest BCUT2D eigenvalue weighted by molar-refractivity contribution is 6.28. The molecule has 1 aliphatic heterocycles. The van der Waals surface area contributed by atoms with E-state index in [9.17, 15) is 4.79 Å². The molecule has 0 aromatic carbocycles. The van der Waals surface area contributed by atoms with E-state index in [0.717, 1.165) is 25.9 Å². The van der Waals surface area contributed by atoms with Crippen LogP contribution in [-0.4, -0.2) is 35.0 Å². The van der Waals surface area contributed by atoms with Gasteiger partial charge in [-0.25, -0.2) is 9.97 Å². The van der Waals surface area contributed by atoms with Gasteiger partial charge >= 0.3 is 0 Å². The summed E-state index contributed by atoms with van der Waals surface area (Å²) in [5.41, 5.74) is 0.318. The molecule has 0 spiro atoms. The summed E-state index contributed by atoms with van der Waals surface area (Å²) in [6.07, 6.45) is 3.38. The zero-order valence-electron chi connectivity index (χ0n) is 8.74. The van der Waals surface area contributed by atoms with E-state index in [2.05, 4.69) is 20.6 Å². The summed E-state index contributed by atoms with van der Waals surface area (Å²) in [7, 11) is 0. The number of hydrogen-bond acceptors (Lipinski definition) is 4. The second kappa shape index (κ2) is 5.23. The first-order valence-corrected chi connectivity index (χ1v) is 5.63. The van der Waals surface area contributed by atoms with E-state index in [1.54, 1.807) is 6.07 Å². The third-order valence-corrected chi connectivity index (χ3v) is 2.72. The van der Waals surface area contributed by atoms with Gasteiger partial charge in [0.05, 0.1) is 0 Å². The molecule has 86 valence electrons. The molecule has 5 nitrogen and oxygen atoms in total. The Balaban J connectivity index is 1.97. The van der Waals surface area contributed by atoms with Crippen molar-refractivity contribution in [3.8, 4) is 0 Å². The molecule has 0 unspecified atom stereocenters. The quantitative estimate of drug-likeness (QED) is 0.744. The van der Waals surface area contributed by atoms with Crippen LogP contribution in [0.1, 0.15) is 23.3 Å². The maximum Gasteiger partial charge on any atom is 0.270 e. The molecule has 2 N–H and O–H groups in total. The molecule has 1 aromatic rings. The number of piperidine rings is 1. The number of nitrogens with one attached hydrogen (secondary N) is 2. The van der Waals surface area contributed by atoms with Gasteiger partial charge in [-0.05, 0) is 43.6 Å². The minimum atomic E-state index is -0.184. The van der Waals surface area contributed by atoms with E-state index in [4.69, 9.17) is 11.6 Å². The van der Waals surface area contributed by atoms with Crippen molar-refractivity contribution in [1.82, 2.24) is 20.6 Å². The summed E-state index contributed by atoms with van der Waals surface area (Å²) in [5, 5.41) is 6.27.